The van der Waals surface area contributed by atoms with Gasteiger partial charge in [0.2, 0.25) is 0 Å². The molecule has 9 heteroatoms. The zero-order valence-electron chi connectivity index (χ0n) is 15.7. The van der Waals surface area contributed by atoms with Gasteiger partial charge in [-0.15, -0.1) is 0 Å². The van der Waals surface area contributed by atoms with E-state index < -0.39 is 17.8 Å². The minimum Gasteiger partial charge on any atom is -0.381 e. The van der Waals surface area contributed by atoms with Crippen molar-refractivity contribution in [3.8, 4) is 0 Å². The molecule has 1 saturated carbocycles. The average Bonchev–Trinajstić information content (AvgIpc) is 3.37. The second-order valence-electron chi connectivity index (χ2n) is 7.66. The largest absolute Gasteiger partial charge is 0.416 e. The molecule has 0 bridgehead atoms. The zero-order valence-corrected chi connectivity index (χ0v) is 15.7. The van der Waals surface area contributed by atoms with Gasteiger partial charge in [-0.3, -0.25) is 5.32 Å². The molecule has 2 aliphatic rings. The van der Waals surface area contributed by atoms with Crippen LogP contribution in [-0.2, 0) is 16.3 Å². The summed E-state index contributed by atoms with van der Waals surface area (Å²) in [6.45, 7) is 1.70. The standard InChI is InChI=1S/C20H22F3N3O3/c21-20(22,23)15-3-1-14(2-4-15)19(7-8-19)12-24-18(27)25-17-11-16(29-26-17)13-5-9-28-10-6-13/h1-4,11,13H,5-10,12H2,(H2,24,25,26,27). The van der Waals surface area contributed by atoms with Crippen LogP contribution in [0.2, 0.25) is 0 Å². The topological polar surface area (TPSA) is 76.4 Å². The summed E-state index contributed by atoms with van der Waals surface area (Å²) in [5.41, 5.74) is -0.179. The van der Waals surface area contributed by atoms with Crippen LogP contribution >= 0.6 is 0 Å². The third kappa shape index (κ3) is 4.55. The molecule has 2 N–H and O–H groups in total. The summed E-state index contributed by atoms with van der Waals surface area (Å²) in [6, 6.07) is 6.46. The number of hydrogen-bond donors (Lipinski definition) is 2. The number of anilines is 1. The fourth-order valence-corrected chi connectivity index (χ4v) is 3.66. The first-order chi connectivity index (χ1) is 13.9. The van der Waals surface area contributed by atoms with Gasteiger partial charge in [-0.2, -0.15) is 13.2 Å². The van der Waals surface area contributed by atoms with Crippen molar-refractivity contribution in [2.24, 2.45) is 0 Å². The second kappa shape index (κ2) is 7.70. The lowest BCUT2D eigenvalue weighted by Gasteiger charge is -2.18. The van der Waals surface area contributed by atoms with E-state index in [0.29, 0.717) is 25.6 Å². The summed E-state index contributed by atoms with van der Waals surface area (Å²) >= 11 is 0. The van der Waals surface area contributed by atoms with Crippen LogP contribution in [0, 0.1) is 0 Å². The van der Waals surface area contributed by atoms with Crippen molar-refractivity contribution in [2.45, 2.75) is 43.2 Å². The Kier molecular flexibility index (Phi) is 5.24. The molecule has 2 aromatic rings. The van der Waals surface area contributed by atoms with Crippen LogP contribution in [0.4, 0.5) is 23.8 Å². The highest BCUT2D eigenvalue weighted by molar-refractivity contribution is 5.88. The van der Waals surface area contributed by atoms with Crippen molar-refractivity contribution in [1.29, 1.82) is 0 Å². The molecule has 4 rings (SSSR count). The summed E-state index contributed by atoms with van der Waals surface area (Å²) in [7, 11) is 0. The van der Waals surface area contributed by atoms with E-state index in [1.807, 2.05) is 0 Å². The lowest BCUT2D eigenvalue weighted by atomic mass is 9.95. The van der Waals surface area contributed by atoms with E-state index in [2.05, 4.69) is 15.8 Å². The number of ether oxygens (including phenoxy) is 1. The maximum atomic E-state index is 12.7. The molecular formula is C20H22F3N3O3. The predicted octanol–water partition coefficient (Wildman–Crippen LogP) is 4.44. The van der Waals surface area contributed by atoms with E-state index in [1.54, 1.807) is 6.07 Å². The third-order valence-corrected chi connectivity index (χ3v) is 5.66. The van der Waals surface area contributed by atoms with Gasteiger partial charge in [-0.05, 0) is 43.4 Å². The number of amides is 2. The highest BCUT2D eigenvalue weighted by Gasteiger charge is 2.44. The van der Waals surface area contributed by atoms with Gasteiger partial charge in [-0.1, -0.05) is 17.3 Å². The van der Waals surface area contributed by atoms with E-state index in [0.717, 1.165) is 49.1 Å². The highest BCUT2D eigenvalue weighted by atomic mass is 19.4. The number of nitrogens with one attached hydrogen (secondary N) is 2. The summed E-state index contributed by atoms with van der Waals surface area (Å²) in [6.07, 6.45) is -1.01. The molecule has 0 spiro atoms. The van der Waals surface area contributed by atoms with Crippen molar-refractivity contribution in [3.63, 3.8) is 0 Å². The van der Waals surface area contributed by atoms with Crippen LogP contribution < -0.4 is 10.6 Å². The smallest absolute Gasteiger partial charge is 0.381 e. The van der Waals surface area contributed by atoms with Crippen LogP contribution in [-0.4, -0.2) is 30.9 Å². The van der Waals surface area contributed by atoms with E-state index in [9.17, 15) is 18.0 Å². The molecule has 1 aromatic carbocycles. The Labute approximate surface area is 165 Å². The molecule has 29 heavy (non-hydrogen) atoms. The first kappa shape index (κ1) is 19.8. The molecule has 156 valence electrons. The lowest BCUT2D eigenvalue weighted by Crippen LogP contribution is -2.35. The van der Waals surface area contributed by atoms with Gasteiger partial charge in [0.05, 0.1) is 5.56 Å². The maximum absolute atomic E-state index is 12.7. The number of carbonyl (C=O) groups is 1. The van der Waals surface area contributed by atoms with Crippen LogP contribution in [0.15, 0.2) is 34.9 Å². The molecular weight excluding hydrogens is 387 g/mol. The number of aromatic nitrogens is 1. The molecule has 2 heterocycles. The van der Waals surface area contributed by atoms with Crippen molar-refractivity contribution < 1.29 is 27.2 Å². The number of carbonyl (C=O) groups excluding carboxylic acids is 1. The van der Waals surface area contributed by atoms with Gasteiger partial charge in [0.1, 0.15) is 5.76 Å². The number of nitrogens with zero attached hydrogens (tertiary/aromatic N) is 1. The zero-order chi connectivity index (χ0) is 20.5. The van der Waals surface area contributed by atoms with Gasteiger partial charge in [0.15, 0.2) is 5.82 Å². The Morgan fingerprint density at radius 1 is 1.17 bits per heavy atom. The molecule has 1 aliphatic carbocycles. The van der Waals surface area contributed by atoms with E-state index in [-0.39, 0.29) is 11.3 Å². The number of alkyl halides is 3. The predicted molar refractivity (Wildman–Crippen MR) is 98.7 cm³/mol. The summed E-state index contributed by atoms with van der Waals surface area (Å²) in [5.74, 6) is 1.31. The van der Waals surface area contributed by atoms with E-state index in [4.69, 9.17) is 9.26 Å². The molecule has 2 fully saturated rings. The fraction of sp³-hybridized carbons (Fsp3) is 0.500. The van der Waals surface area contributed by atoms with Crippen molar-refractivity contribution >= 4 is 11.8 Å². The van der Waals surface area contributed by atoms with Gasteiger partial charge in [-0.25, -0.2) is 4.79 Å². The van der Waals surface area contributed by atoms with Crippen LogP contribution in [0.3, 0.4) is 0 Å². The number of halogens is 3. The number of urea groups is 1. The Balaban J connectivity index is 1.31. The van der Waals surface area contributed by atoms with Crippen molar-refractivity contribution in [3.05, 3.63) is 47.2 Å². The fourth-order valence-electron chi connectivity index (χ4n) is 3.66. The first-order valence-corrected chi connectivity index (χ1v) is 9.63. The third-order valence-electron chi connectivity index (χ3n) is 5.66. The summed E-state index contributed by atoms with van der Waals surface area (Å²) in [5, 5.41) is 9.33. The second-order valence-corrected chi connectivity index (χ2v) is 7.66. The van der Waals surface area contributed by atoms with Crippen LogP contribution in [0.5, 0.6) is 0 Å². The molecule has 1 saturated heterocycles. The van der Waals surface area contributed by atoms with Crippen LogP contribution in [0.25, 0.3) is 0 Å². The Morgan fingerprint density at radius 2 is 1.86 bits per heavy atom. The van der Waals surface area contributed by atoms with Crippen molar-refractivity contribution in [2.75, 3.05) is 25.1 Å². The quantitative estimate of drug-likeness (QED) is 0.766. The lowest BCUT2D eigenvalue weighted by molar-refractivity contribution is -0.137. The molecule has 0 unspecified atom stereocenters. The minimum atomic E-state index is -4.35. The number of benzene rings is 1. The normalized spacial score (nSPS) is 19.0. The SMILES string of the molecule is O=C(NCC1(c2ccc(C(F)(F)F)cc2)CC1)Nc1cc(C2CCOCC2)on1. The average molecular weight is 409 g/mol. The Bertz CT molecular complexity index is 854. The van der Waals surface area contributed by atoms with Gasteiger partial charge in [0.25, 0.3) is 0 Å². The first-order valence-electron chi connectivity index (χ1n) is 9.63. The monoisotopic (exact) mass is 409 g/mol. The maximum Gasteiger partial charge on any atom is 0.416 e. The highest BCUT2D eigenvalue weighted by Crippen LogP contribution is 2.48. The van der Waals surface area contributed by atoms with Crippen molar-refractivity contribution in [1.82, 2.24) is 10.5 Å². The van der Waals surface area contributed by atoms with Gasteiger partial charge in [0, 0.05) is 37.2 Å². The molecule has 6 nitrogen and oxygen atoms in total. The van der Waals surface area contributed by atoms with Gasteiger partial charge < -0.3 is 14.6 Å². The van der Waals surface area contributed by atoms with Crippen LogP contribution in [0.1, 0.15) is 48.5 Å². The van der Waals surface area contributed by atoms with Gasteiger partial charge >= 0.3 is 12.2 Å². The molecule has 1 aliphatic heterocycles. The van der Waals surface area contributed by atoms with E-state index >= 15 is 0 Å². The molecule has 0 radical (unpaired) electrons. The molecule has 2 amide bonds. The molecule has 0 atom stereocenters. The minimum absolute atomic E-state index is 0.240. The summed E-state index contributed by atoms with van der Waals surface area (Å²) < 4.78 is 48.8. The number of rotatable bonds is 5. The molecule has 1 aromatic heterocycles. The van der Waals surface area contributed by atoms with E-state index in [1.165, 1.54) is 12.1 Å². The number of hydrogen-bond acceptors (Lipinski definition) is 4. The Hall–Kier alpha value is -2.55. The Morgan fingerprint density at radius 3 is 2.48 bits per heavy atom. The summed E-state index contributed by atoms with van der Waals surface area (Å²) in [4.78, 5) is 12.2.